The summed E-state index contributed by atoms with van der Waals surface area (Å²) in [5.41, 5.74) is 4.79. The summed E-state index contributed by atoms with van der Waals surface area (Å²) in [6.45, 7) is 7.42. The van der Waals surface area contributed by atoms with Crippen LogP contribution in [0.5, 0.6) is 0 Å². The van der Waals surface area contributed by atoms with Crippen molar-refractivity contribution in [1.82, 2.24) is 15.0 Å². The van der Waals surface area contributed by atoms with Crippen molar-refractivity contribution < 1.29 is 9.59 Å². The van der Waals surface area contributed by atoms with E-state index < -0.39 is 23.8 Å². The number of rotatable bonds is 2. The van der Waals surface area contributed by atoms with Gasteiger partial charge in [-0.05, 0) is 27.2 Å². The van der Waals surface area contributed by atoms with Crippen LogP contribution >= 0.6 is 0 Å². The first-order valence-corrected chi connectivity index (χ1v) is 5.68. The Hall–Kier alpha value is -1.50. The summed E-state index contributed by atoms with van der Waals surface area (Å²) in [5.74, 6) is 5.72. The fourth-order valence-electron chi connectivity index (χ4n) is 1.96. The number of carbonyl (C=O) groups is 2. The Morgan fingerprint density at radius 1 is 1.41 bits per heavy atom. The van der Waals surface area contributed by atoms with Crippen LogP contribution in [0.1, 0.15) is 40.5 Å². The molecule has 1 saturated heterocycles. The summed E-state index contributed by atoms with van der Waals surface area (Å²) in [5, 5.41) is 3.63. The van der Waals surface area contributed by atoms with Gasteiger partial charge in [-0.3, -0.25) is 0 Å². The van der Waals surface area contributed by atoms with E-state index in [-0.39, 0.29) is 0 Å². The predicted octanol–water partition coefficient (Wildman–Crippen LogP) is 0.818. The second-order valence-corrected chi connectivity index (χ2v) is 5.12. The lowest BCUT2D eigenvalue weighted by atomic mass is 10.1. The van der Waals surface area contributed by atoms with Crippen LogP contribution in [0.4, 0.5) is 9.59 Å². The molecule has 1 fully saturated rings. The third-order valence-corrected chi connectivity index (χ3v) is 2.63. The van der Waals surface area contributed by atoms with E-state index in [1.54, 1.807) is 0 Å². The van der Waals surface area contributed by atoms with Crippen LogP contribution in [0, 0.1) is 0 Å². The lowest BCUT2D eigenvalue weighted by Gasteiger charge is -2.37. The number of carbonyl (C=O) groups excluding carboxylic acids is 2. The maximum Gasteiger partial charge on any atom is 0.355 e. The summed E-state index contributed by atoms with van der Waals surface area (Å²) in [6.07, 6.45) is 0.898. The fraction of sp³-hybridized carbons (Fsp3) is 0.800. The monoisotopic (exact) mass is 243 g/mol. The Morgan fingerprint density at radius 2 is 1.94 bits per heavy atom. The van der Waals surface area contributed by atoms with Gasteiger partial charge in [0.25, 0.3) is 0 Å². The minimum atomic E-state index is -0.667. The number of hydrazine groups is 2. The largest absolute Gasteiger partial charge is 0.355 e. The van der Waals surface area contributed by atoms with Gasteiger partial charge in [-0.15, -0.1) is 0 Å². The van der Waals surface area contributed by atoms with Gasteiger partial charge in [0, 0.05) is 0 Å². The number of hydrogen-bond acceptors (Lipinski definition) is 3. The van der Waals surface area contributed by atoms with E-state index in [0.717, 1.165) is 11.4 Å². The molecule has 0 bridgehead atoms. The summed E-state index contributed by atoms with van der Waals surface area (Å²) < 4.78 is 0. The normalized spacial score (nSPS) is 21.4. The first kappa shape index (κ1) is 13.6. The van der Waals surface area contributed by atoms with Crippen LogP contribution in [0.2, 0.25) is 0 Å². The van der Waals surface area contributed by atoms with Crippen molar-refractivity contribution >= 4 is 12.1 Å². The molecular weight excluding hydrogens is 222 g/mol. The number of nitrogens with zero attached hydrogens (tertiary/aromatic N) is 3. The third-order valence-electron chi connectivity index (χ3n) is 2.63. The van der Waals surface area contributed by atoms with Gasteiger partial charge in [-0.2, -0.15) is 0 Å². The molecule has 0 saturated carbocycles. The highest BCUT2D eigenvalue weighted by Gasteiger charge is 2.48. The maximum absolute atomic E-state index is 12.0. The molecule has 1 heterocycles. The smallest absolute Gasteiger partial charge is 0.350 e. The maximum atomic E-state index is 12.0. The van der Waals surface area contributed by atoms with E-state index in [0.29, 0.717) is 6.42 Å². The topological polar surface area (TPSA) is 95.9 Å². The van der Waals surface area contributed by atoms with E-state index in [1.807, 2.05) is 27.7 Å². The van der Waals surface area contributed by atoms with E-state index in [4.69, 9.17) is 11.6 Å². The molecule has 0 aromatic rings. The van der Waals surface area contributed by atoms with Crippen LogP contribution < -0.4 is 11.6 Å². The molecule has 4 amide bonds. The zero-order valence-corrected chi connectivity index (χ0v) is 10.8. The van der Waals surface area contributed by atoms with Crippen LogP contribution in [-0.2, 0) is 0 Å². The van der Waals surface area contributed by atoms with E-state index in [2.05, 4.69) is 0 Å². The lowest BCUT2D eigenvalue weighted by Crippen LogP contribution is -2.56. The highest BCUT2D eigenvalue weighted by molar-refractivity contribution is 5.83. The van der Waals surface area contributed by atoms with Crippen molar-refractivity contribution in [2.45, 2.75) is 52.2 Å². The molecule has 1 aliphatic rings. The Morgan fingerprint density at radius 3 is 2.29 bits per heavy atom. The summed E-state index contributed by atoms with van der Waals surface area (Å²) in [7, 11) is 0. The van der Waals surface area contributed by atoms with Gasteiger partial charge in [-0.1, -0.05) is 13.3 Å². The molecule has 0 aromatic carbocycles. The SMILES string of the molecule is CCCC1N(N)C(=O)N(C(C)(C)C)N1C(N)=O. The minimum absolute atomic E-state index is 0.408. The van der Waals surface area contributed by atoms with Crippen LogP contribution in [0.15, 0.2) is 0 Å². The van der Waals surface area contributed by atoms with Gasteiger partial charge in [0.2, 0.25) is 0 Å². The molecule has 1 aliphatic heterocycles. The third kappa shape index (κ3) is 2.28. The average Bonchev–Trinajstić information content (AvgIpc) is 2.42. The number of urea groups is 2. The number of primary amides is 1. The molecule has 1 atom stereocenters. The quantitative estimate of drug-likeness (QED) is 0.555. The number of nitrogens with two attached hydrogens (primary N) is 2. The van der Waals surface area contributed by atoms with Gasteiger partial charge >= 0.3 is 12.1 Å². The molecule has 0 aliphatic carbocycles. The van der Waals surface area contributed by atoms with Gasteiger partial charge in [0.15, 0.2) is 0 Å². The second-order valence-electron chi connectivity index (χ2n) is 5.12. The molecular formula is C10H21N5O2. The first-order chi connectivity index (χ1) is 7.71. The van der Waals surface area contributed by atoms with Gasteiger partial charge < -0.3 is 5.73 Å². The molecule has 0 aromatic heterocycles. The zero-order valence-electron chi connectivity index (χ0n) is 10.8. The minimum Gasteiger partial charge on any atom is -0.350 e. The van der Waals surface area contributed by atoms with Crippen molar-refractivity contribution in [3.8, 4) is 0 Å². The summed E-state index contributed by atoms with van der Waals surface area (Å²) >= 11 is 0. The highest BCUT2D eigenvalue weighted by atomic mass is 16.2. The summed E-state index contributed by atoms with van der Waals surface area (Å²) in [6, 6.07) is -1.07. The standard InChI is InChI=1S/C10H21N5O2/c1-5-6-7-13(12)9(17)15(10(2,3)4)14(7)8(11)16/h7H,5-6,12H2,1-4H3,(H2,11,16). The van der Waals surface area contributed by atoms with Crippen molar-refractivity contribution in [3.63, 3.8) is 0 Å². The number of amides is 4. The molecule has 7 nitrogen and oxygen atoms in total. The van der Waals surface area contributed by atoms with Crippen molar-refractivity contribution in [3.05, 3.63) is 0 Å². The molecule has 4 N–H and O–H groups in total. The molecule has 1 rings (SSSR count). The molecule has 17 heavy (non-hydrogen) atoms. The van der Waals surface area contributed by atoms with Gasteiger partial charge in [0.05, 0.1) is 5.54 Å². The van der Waals surface area contributed by atoms with E-state index >= 15 is 0 Å². The molecule has 1 unspecified atom stereocenters. The highest BCUT2D eigenvalue weighted by Crippen LogP contribution is 2.28. The Balaban J connectivity index is 3.12. The Bertz CT molecular complexity index is 325. The number of hydrogen-bond donors (Lipinski definition) is 2. The summed E-state index contributed by atoms with van der Waals surface area (Å²) in [4.78, 5) is 23.5. The molecule has 7 heteroatoms. The second kappa shape index (κ2) is 4.40. The molecule has 0 spiro atoms. The van der Waals surface area contributed by atoms with Crippen molar-refractivity contribution in [2.75, 3.05) is 0 Å². The van der Waals surface area contributed by atoms with Crippen molar-refractivity contribution in [1.29, 1.82) is 0 Å². The predicted molar refractivity (Wildman–Crippen MR) is 63.1 cm³/mol. The molecule has 0 radical (unpaired) electrons. The fourth-order valence-corrected chi connectivity index (χ4v) is 1.96. The van der Waals surface area contributed by atoms with Crippen LogP contribution in [0.25, 0.3) is 0 Å². The zero-order chi connectivity index (χ0) is 13.4. The van der Waals surface area contributed by atoms with Crippen LogP contribution in [-0.4, -0.2) is 38.8 Å². The van der Waals surface area contributed by atoms with Crippen molar-refractivity contribution in [2.24, 2.45) is 11.6 Å². The van der Waals surface area contributed by atoms with E-state index in [1.165, 1.54) is 10.0 Å². The Labute approximate surface area is 101 Å². The Kier molecular flexibility index (Phi) is 3.51. The lowest BCUT2D eigenvalue weighted by molar-refractivity contribution is -0.0103. The van der Waals surface area contributed by atoms with E-state index in [9.17, 15) is 9.59 Å². The van der Waals surface area contributed by atoms with Crippen LogP contribution in [0.3, 0.4) is 0 Å². The first-order valence-electron chi connectivity index (χ1n) is 5.68. The van der Waals surface area contributed by atoms with Gasteiger partial charge in [-0.25, -0.2) is 30.5 Å². The average molecular weight is 243 g/mol. The van der Waals surface area contributed by atoms with Gasteiger partial charge in [0.1, 0.15) is 6.17 Å². The molecule has 98 valence electrons.